The number of rotatable bonds is 5. The quantitative estimate of drug-likeness (QED) is 0.846. The Morgan fingerprint density at radius 1 is 1.13 bits per heavy atom. The lowest BCUT2D eigenvalue weighted by molar-refractivity contribution is 0.141. The van der Waals surface area contributed by atoms with Crippen molar-refractivity contribution in [3.8, 4) is 0 Å². The van der Waals surface area contributed by atoms with Gasteiger partial charge >= 0.3 is 0 Å². The highest BCUT2D eigenvalue weighted by atomic mass is 79.9. The van der Waals surface area contributed by atoms with E-state index < -0.39 is 0 Å². The Kier molecular flexibility index (Phi) is 5.34. The molecule has 1 aromatic carbocycles. The Morgan fingerprint density at radius 2 is 1.67 bits per heavy atom. The minimum Gasteiger partial charge on any atom is -0.388 e. The summed E-state index contributed by atoms with van der Waals surface area (Å²) in [5, 5.41) is 10.0. The summed E-state index contributed by atoms with van der Waals surface area (Å²) in [5.41, 5.74) is 1.02. The predicted molar refractivity (Wildman–Crippen MR) is 67.8 cm³/mol. The van der Waals surface area contributed by atoms with Crippen LogP contribution in [-0.4, -0.2) is 5.11 Å². The molecule has 0 aromatic heterocycles. The molecule has 1 unspecified atom stereocenters. The molecule has 0 heterocycles. The van der Waals surface area contributed by atoms with Crippen molar-refractivity contribution in [2.24, 2.45) is 5.92 Å². The van der Waals surface area contributed by atoms with E-state index in [1.807, 2.05) is 24.3 Å². The molecular formula is C13H19BrO. The standard InChI is InChI=1S/C13H19BrO/c1-3-10(4-2)9-13(15)11-5-7-12(14)8-6-11/h5-8,10,13,15H,3-4,9H2,1-2H3. The second kappa shape index (κ2) is 6.29. The maximum absolute atomic E-state index is 10.0. The zero-order chi connectivity index (χ0) is 11.3. The molecule has 0 fully saturated rings. The fraction of sp³-hybridized carbons (Fsp3) is 0.538. The summed E-state index contributed by atoms with van der Waals surface area (Å²) in [6.45, 7) is 4.37. The van der Waals surface area contributed by atoms with Crippen LogP contribution in [0.1, 0.15) is 44.8 Å². The van der Waals surface area contributed by atoms with E-state index in [1.165, 1.54) is 0 Å². The lowest BCUT2D eigenvalue weighted by atomic mass is 9.93. The Labute approximate surface area is 101 Å². The molecular weight excluding hydrogens is 252 g/mol. The average molecular weight is 271 g/mol. The fourth-order valence-electron chi connectivity index (χ4n) is 1.76. The Balaban J connectivity index is 2.60. The SMILES string of the molecule is CCC(CC)CC(O)c1ccc(Br)cc1. The molecule has 1 aromatic rings. The van der Waals surface area contributed by atoms with E-state index in [1.54, 1.807) is 0 Å². The maximum atomic E-state index is 10.0. The third-order valence-corrected chi connectivity index (χ3v) is 3.49. The third kappa shape index (κ3) is 3.96. The van der Waals surface area contributed by atoms with Crippen molar-refractivity contribution in [2.45, 2.75) is 39.2 Å². The first-order valence-electron chi connectivity index (χ1n) is 5.60. The summed E-state index contributed by atoms with van der Waals surface area (Å²) in [5.74, 6) is 0.628. The highest BCUT2D eigenvalue weighted by molar-refractivity contribution is 9.10. The van der Waals surface area contributed by atoms with Crippen molar-refractivity contribution in [3.63, 3.8) is 0 Å². The van der Waals surface area contributed by atoms with Gasteiger partial charge in [0, 0.05) is 4.47 Å². The third-order valence-electron chi connectivity index (χ3n) is 2.97. The van der Waals surface area contributed by atoms with E-state index in [4.69, 9.17) is 0 Å². The number of benzene rings is 1. The van der Waals surface area contributed by atoms with Crippen LogP contribution in [0.4, 0.5) is 0 Å². The molecule has 0 radical (unpaired) electrons. The van der Waals surface area contributed by atoms with Gasteiger partial charge in [-0.15, -0.1) is 0 Å². The van der Waals surface area contributed by atoms with Crippen LogP contribution in [0, 0.1) is 5.92 Å². The minimum absolute atomic E-state index is 0.317. The van der Waals surface area contributed by atoms with E-state index in [2.05, 4.69) is 29.8 Å². The molecule has 0 saturated carbocycles. The lowest BCUT2D eigenvalue weighted by Crippen LogP contribution is -2.05. The van der Waals surface area contributed by atoms with E-state index in [9.17, 15) is 5.11 Å². The van der Waals surface area contributed by atoms with Crippen molar-refractivity contribution < 1.29 is 5.11 Å². The maximum Gasteiger partial charge on any atom is 0.0792 e. The molecule has 0 amide bonds. The molecule has 84 valence electrons. The van der Waals surface area contributed by atoms with Gasteiger partial charge in [0.05, 0.1) is 6.10 Å². The molecule has 1 nitrogen and oxygen atoms in total. The van der Waals surface area contributed by atoms with Crippen LogP contribution >= 0.6 is 15.9 Å². The summed E-state index contributed by atoms with van der Waals surface area (Å²) in [4.78, 5) is 0. The smallest absolute Gasteiger partial charge is 0.0792 e. The van der Waals surface area contributed by atoms with Gasteiger partial charge in [-0.3, -0.25) is 0 Å². The molecule has 1 N–H and O–H groups in total. The van der Waals surface area contributed by atoms with Gasteiger partial charge in [0.15, 0.2) is 0 Å². The average Bonchev–Trinajstić information content (AvgIpc) is 2.26. The summed E-state index contributed by atoms with van der Waals surface area (Å²) in [6.07, 6.45) is 2.84. The minimum atomic E-state index is -0.317. The van der Waals surface area contributed by atoms with Crippen LogP contribution < -0.4 is 0 Å². The van der Waals surface area contributed by atoms with Gasteiger partial charge in [0.1, 0.15) is 0 Å². The molecule has 1 atom stereocenters. The lowest BCUT2D eigenvalue weighted by Gasteiger charge is -2.17. The number of hydrogen-bond acceptors (Lipinski definition) is 1. The molecule has 0 bridgehead atoms. The summed E-state index contributed by atoms with van der Waals surface area (Å²) < 4.78 is 1.06. The Hall–Kier alpha value is -0.340. The molecule has 0 aliphatic heterocycles. The largest absolute Gasteiger partial charge is 0.388 e. The molecule has 0 spiro atoms. The molecule has 0 saturated heterocycles. The van der Waals surface area contributed by atoms with Crippen molar-refractivity contribution in [1.82, 2.24) is 0 Å². The van der Waals surface area contributed by atoms with Crippen LogP contribution in [0.25, 0.3) is 0 Å². The normalized spacial score (nSPS) is 13.1. The van der Waals surface area contributed by atoms with Crippen LogP contribution in [0.5, 0.6) is 0 Å². The van der Waals surface area contributed by atoms with Crippen LogP contribution in [-0.2, 0) is 0 Å². The highest BCUT2D eigenvalue weighted by Gasteiger charge is 2.12. The zero-order valence-corrected chi connectivity index (χ0v) is 11.0. The van der Waals surface area contributed by atoms with E-state index in [0.29, 0.717) is 5.92 Å². The van der Waals surface area contributed by atoms with Crippen molar-refractivity contribution in [2.75, 3.05) is 0 Å². The van der Waals surface area contributed by atoms with Crippen molar-refractivity contribution >= 4 is 15.9 Å². The molecule has 2 heteroatoms. The van der Waals surface area contributed by atoms with Gasteiger partial charge in [-0.1, -0.05) is 54.8 Å². The van der Waals surface area contributed by atoms with E-state index >= 15 is 0 Å². The molecule has 1 rings (SSSR count). The molecule has 0 aliphatic rings. The summed E-state index contributed by atoms with van der Waals surface area (Å²) in [7, 11) is 0. The van der Waals surface area contributed by atoms with Gasteiger partial charge in [-0.05, 0) is 30.0 Å². The van der Waals surface area contributed by atoms with Crippen molar-refractivity contribution in [1.29, 1.82) is 0 Å². The first-order valence-corrected chi connectivity index (χ1v) is 6.40. The van der Waals surface area contributed by atoms with E-state index in [0.717, 1.165) is 29.3 Å². The highest BCUT2D eigenvalue weighted by Crippen LogP contribution is 2.25. The van der Waals surface area contributed by atoms with Crippen LogP contribution in [0.2, 0.25) is 0 Å². The summed E-state index contributed by atoms with van der Waals surface area (Å²) in [6, 6.07) is 7.92. The zero-order valence-electron chi connectivity index (χ0n) is 9.41. The predicted octanol–water partition coefficient (Wildman–Crippen LogP) is 4.31. The Morgan fingerprint density at radius 3 is 2.13 bits per heavy atom. The van der Waals surface area contributed by atoms with E-state index in [-0.39, 0.29) is 6.10 Å². The first-order chi connectivity index (χ1) is 7.17. The molecule has 0 aliphatic carbocycles. The number of aliphatic hydroxyl groups excluding tert-OH is 1. The van der Waals surface area contributed by atoms with Gasteiger partial charge in [-0.2, -0.15) is 0 Å². The number of hydrogen-bond donors (Lipinski definition) is 1. The Bertz CT molecular complexity index is 277. The second-order valence-corrected chi connectivity index (χ2v) is 4.90. The van der Waals surface area contributed by atoms with Gasteiger partial charge in [0.25, 0.3) is 0 Å². The fourth-order valence-corrected chi connectivity index (χ4v) is 2.02. The van der Waals surface area contributed by atoms with Crippen LogP contribution in [0.15, 0.2) is 28.7 Å². The van der Waals surface area contributed by atoms with Gasteiger partial charge in [0.2, 0.25) is 0 Å². The summed E-state index contributed by atoms with van der Waals surface area (Å²) >= 11 is 3.39. The number of halogens is 1. The topological polar surface area (TPSA) is 20.2 Å². The van der Waals surface area contributed by atoms with Gasteiger partial charge < -0.3 is 5.11 Å². The number of aliphatic hydroxyl groups is 1. The monoisotopic (exact) mass is 270 g/mol. The van der Waals surface area contributed by atoms with Gasteiger partial charge in [-0.25, -0.2) is 0 Å². The first kappa shape index (κ1) is 12.7. The van der Waals surface area contributed by atoms with Crippen molar-refractivity contribution in [3.05, 3.63) is 34.3 Å². The second-order valence-electron chi connectivity index (χ2n) is 3.99. The van der Waals surface area contributed by atoms with Crippen LogP contribution in [0.3, 0.4) is 0 Å². The molecule has 15 heavy (non-hydrogen) atoms.